The number of hydrogen-bond acceptors (Lipinski definition) is 3. The SMILES string of the molecule is CC(CCS(C)=O)Nc1c(F)cc(C(=O)O)cc1F. The summed E-state index contributed by atoms with van der Waals surface area (Å²) in [4.78, 5) is 10.6. The van der Waals surface area contributed by atoms with Crippen LogP contribution in [-0.4, -0.2) is 33.3 Å². The number of hydrogen-bond donors (Lipinski definition) is 2. The van der Waals surface area contributed by atoms with E-state index < -0.39 is 34.0 Å². The Balaban J connectivity index is 2.84. The second kappa shape index (κ2) is 6.60. The molecule has 0 aromatic heterocycles. The van der Waals surface area contributed by atoms with Crippen LogP contribution >= 0.6 is 0 Å². The fourth-order valence-electron chi connectivity index (χ4n) is 1.50. The molecule has 4 nitrogen and oxygen atoms in total. The van der Waals surface area contributed by atoms with E-state index in [1.165, 1.54) is 0 Å². The molecule has 1 rings (SSSR count). The van der Waals surface area contributed by atoms with Gasteiger partial charge in [0.2, 0.25) is 0 Å². The molecule has 19 heavy (non-hydrogen) atoms. The molecule has 1 aromatic rings. The largest absolute Gasteiger partial charge is 0.478 e. The number of halogens is 2. The van der Waals surface area contributed by atoms with Gasteiger partial charge in [0, 0.05) is 28.9 Å². The quantitative estimate of drug-likeness (QED) is 0.843. The van der Waals surface area contributed by atoms with Gasteiger partial charge < -0.3 is 10.4 Å². The smallest absolute Gasteiger partial charge is 0.335 e. The second-order valence-electron chi connectivity index (χ2n) is 4.23. The van der Waals surface area contributed by atoms with Crippen molar-refractivity contribution in [3.05, 3.63) is 29.3 Å². The van der Waals surface area contributed by atoms with Crippen LogP contribution in [0, 0.1) is 11.6 Å². The molecule has 2 N–H and O–H groups in total. The molecular weight excluding hydrogens is 276 g/mol. The minimum Gasteiger partial charge on any atom is -0.478 e. The van der Waals surface area contributed by atoms with E-state index in [1.807, 2.05) is 0 Å². The number of aromatic carboxylic acids is 1. The Hall–Kier alpha value is -1.50. The third kappa shape index (κ3) is 4.59. The van der Waals surface area contributed by atoms with E-state index in [0.717, 1.165) is 12.1 Å². The summed E-state index contributed by atoms with van der Waals surface area (Å²) in [6.45, 7) is 1.71. The van der Waals surface area contributed by atoms with E-state index in [1.54, 1.807) is 13.2 Å². The Labute approximate surface area is 112 Å². The molecule has 0 spiro atoms. The highest BCUT2D eigenvalue weighted by atomic mass is 32.2. The summed E-state index contributed by atoms with van der Waals surface area (Å²) in [5.74, 6) is -2.88. The van der Waals surface area contributed by atoms with Crippen LogP contribution in [0.4, 0.5) is 14.5 Å². The molecule has 2 unspecified atom stereocenters. The van der Waals surface area contributed by atoms with Crippen molar-refractivity contribution in [3.63, 3.8) is 0 Å². The van der Waals surface area contributed by atoms with Gasteiger partial charge in [0.1, 0.15) is 17.3 Å². The first-order valence-corrected chi connectivity index (χ1v) is 7.33. The lowest BCUT2D eigenvalue weighted by Crippen LogP contribution is -2.20. The van der Waals surface area contributed by atoms with Crippen LogP contribution in [0.5, 0.6) is 0 Å². The highest BCUT2D eigenvalue weighted by Crippen LogP contribution is 2.22. The van der Waals surface area contributed by atoms with Gasteiger partial charge in [0.25, 0.3) is 0 Å². The second-order valence-corrected chi connectivity index (χ2v) is 5.79. The number of nitrogens with one attached hydrogen (secondary N) is 1. The van der Waals surface area contributed by atoms with Crippen molar-refractivity contribution in [3.8, 4) is 0 Å². The highest BCUT2D eigenvalue weighted by Gasteiger charge is 2.16. The number of anilines is 1. The van der Waals surface area contributed by atoms with Crippen LogP contribution in [-0.2, 0) is 10.8 Å². The van der Waals surface area contributed by atoms with Gasteiger partial charge in [-0.3, -0.25) is 4.21 Å². The highest BCUT2D eigenvalue weighted by molar-refractivity contribution is 7.84. The maximum atomic E-state index is 13.6. The fourth-order valence-corrected chi connectivity index (χ4v) is 2.18. The van der Waals surface area contributed by atoms with Gasteiger partial charge in [0.05, 0.1) is 5.56 Å². The van der Waals surface area contributed by atoms with E-state index in [4.69, 9.17) is 5.11 Å². The zero-order valence-corrected chi connectivity index (χ0v) is 11.4. The molecule has 2 atom stereocenters. The predicted molar refractivity (Wildman–Crippen MR) is 70.0 cm³/mol. The third-order valence-electron chi connectivity index (χ3n) is 2.52. The molecule has 7 heteroatoms. The lowest BCUT2D eigenvalue weighted by atomic mass is 10.1. The average molecular weight is 291 g/mol. The maximum Gasteiger partial charge on any atom is 0.335 e. The summed E-state index contributed by atoms with van der Waals surface area (Å²) >= 11 is 0. The van der Waals surface area contributed by atoms with Gasteiger partial charge in [-0.25, -0.2) is 13.6 Å². The molecule has 0 aliphatic carbocycles. The summed E-state index contributed by atoms with van der Waals surface area (Å²) in [5.41, 5.74) is -0.803. The Morgan fingerprint density at radius 2 is 1.95 bits per heavy atom. The number of benzene rings is 1. The standard InChI is InChI=1S/C12H15F2NO3S/c1-7(3-4-19(2)18)15-11-9(13)5-8(12(16)17)6-10(11)14/h5-7,15H,3-4H2,1-2H3,(H,16,17). The van der Waals surface area contributed by atoms with Crippen molar-refractivity contribution >= 4 is 22.5 Å². The van der Waals surface area contributed by atoms with Gasteiger partial charge in [0.15, 0.2) is 0 Å². The fraction of sp³-hybridized carbons (Fsp3) is 0.417. The first-order valence-electron chi connectivity index (χ1n) is 5.60. The molecule has 1 aromatic carbocycles. The molecule has 0 radical (unpaired) electrons. The van der Waals surface area contributed by atoms with Gasteiger partial charge in [-0.05, 0) is 25.5 Å². The zero-order chi connectivity index (χ0) is 14.6. The third-order valence-corrected chi connectivity index (χ3v) is 3.33. The van der Waals surface area contributed by atoms with E-state index in [-0.39, 0.29) is 11.7 Å². The van der Waals surface area contributed by atoms with Gasteiger partial charge in [-0.2, -0.15) is 0 Å². The van der Waals surface area contributed by atoms with Crippen molar-refractivity contribution in [1.82, 2.24) is 0 Å². The van der Waals surface area contributed by atoms with Crippen molar-refractivity contribution in [1.29, 1.82) is 0 Å². The summed E-state index contributed by atoms with van der Waals surface area (Å²) in [7, 11) is -0.970. The van der Waals surface area contributed by atoms with E-state index in [2.05, 4.69) is 5.32 Å². The lowest BCUT2D eigenvalue weighted by Gasteiger charge is -2.16. The van der Waals surface area contributed by atoms with Crippen molar-refractivity contribution < 1.29 is 22.9 Å². The molecule has 0 heterocycles. The Morgan fingerprint density at radius 1 is 1.42 bits per heavy atom. The normalized spacial score (nSPS) is 13.9. The topological polar surface area (TPSA) is 66.4 Å². The molecule has 0 aliphatic rings. The molecule has 0 fully saturated rings. The van der Waals surface area contributed by atoms with E-state index in [0.29, 0.717) is 12.2 Å². The number of carboxylic acid groups (broad SMARTS) is 1. The molecular formula is C12H15F2NO3S. The minimum absolute atomic E-state index is 0.274. The Morgan fingerprint density at radius 3 is 2.37 bits per heavy atom. The maximum absolute atomic E-state index is 13.6. The number of carboxylic acids is 1. The minimum atomic E-state index is -1.39. The van der Waals surface area contributed by atoms with Gasteiger partial charge >= 0.3 is 5.97 Å². The van der Waals surface area contributed by atoms with Gasteiger partial charge in [-0.1, -0.05) is 0 Å². The molecule has 0 aliphatic heterocycles. The molecule has 0 saturated heterocycles. The monoisotopic (exact) mass is 291 g/mol. The molecule has 0 amide bonds. The van der Waals surface area contributed by atoms with E-state index >= 15 is 0 Å². The molecule has 0 bridgehead atoms. The zero-order valence-electron chi connectivity index (χ0n) is 10.6. The predicted octanol–water partition coefficient (Wildman–Crippen LogP) is 2.23. The lowest BCUT2D eigenvalue weighted by molar-refractivity contribution is 0.0696. The van der Waals surface area contributed by atoms with Crippen molar-refractivity contribution in [2.45, 2.75) is 19.4 Å². The van der Waals surface area contributed by atoms with Crippen LogP contribution in [0.15, 0.2) is 12.1 Å². The van der Waals surface area contributed by atoms with Gasteiger partial charge in [-0.15, -0.1) is 0 Å². The summed E-state index contributed by atoms with van der Waals surface area (Å²) in [5, 5.41) is 11.3. The van der Waals surface area contributed by atoms with Crippen LogP contribution in [0.3, 0.4) is 0 Å². The number of carbonyl (C=O) groups is 1. The van der Waals surface area contributed by atoms with Crippen molar-refractivity contribution in [2.75, 3.05) is 17.3 Å². The molecule has 0 saturated carbocycles. The van der Waals surface area contributed by atoms with Crippen molar-refractivity contribution in [2.24, 2.45) is 0 Å². The molecule has 106 valence electrons. The van der Waals surface area contributed by atoms with Crippen LogP contribution in [0.2, 0.25) is 0 Å². The summed E-state index contributed by atoms with van der Waals surface area (Å²) in [6.07, 6.45) is 2.04. The summed E-state index contributed by atoms with van der Waals surface area (Å²) in [6, 6.07) is 1.25. The Bertz CT molecular complexity index is 485. The summed E-state index contributed by atoms with van der Waals surface area (Å²) < 4.78 is 38.1. The first-order chi connectivity index (χ1) is 8.81. The van der Waals surface area contributed by atoms with Crippen LogP contribution in [0.25, 0.3) is 0 Å². The number of rotatable bonds is 6. The van der Waals surface area contributed by atoms with E-state index in [9.17, 15) is 17.8 Å². The Kier molecular flexibility index (Phi) is 5.41. The average Bonchev–Trinajstić information content (AvgIpc) is 2.30. The van der Waals surface area contributed by atoms with Crippen LogP contribution in [0.1, 0.15) is 23.7 Å². The van der Waals surface area contributed by atoms with Crippen LogP contribution < -0.4 is 5.32 Å². The first kappa shape index (κ1) is 15.6.